The topological polar surface area (TPSA) is 71.1 Å². The SMILES string of the molecule is CNc1cccnc1S(=O)(=O)Nc1ccc(Cl)cc1F. The summed E-state index contributed by atoms with van der Waals surface area (Å²) in [7, 11) is -2.43. The van der Waals surface area contributed by atoms with Crippen molar-refractivity contribution < 1.29 is 12.8 Å². The molecule has 106 valence electrons. The standard InChI is InChI=1S/C12H11ClFN3O2S/c1-15-11-3-2-6-16-12(11)20(18,19)17-10-5-4-8(13)7-9(10)14/h2-7,15,17H,1H3. The highest BCUT2D eigenvalue weighted by Crippen LogP contribution is 2.24. The summed E-state index contributed by atoms with van der Waals surface area (Å²) in [5, 5.41) is 2.68. The highest BCUT2D eigenvalue weighted by Gasteiger charge is 2.21. The lowest BCUT2D eigenvalue weighted by Crippen LogP contribution is -2.17. The lowest BCUT2D eigenvalue weighted by molar-refractivity contribution is 0.595. The zero-order valence-corrected chi connectivity index (χ0v) is 12.0. The molecule has 0 saturated heterocycles. The molecule has 0 aliphatic rings. The van der Waals surface area contributed by atoms with Gasteiger partial charge in [0, 0.05) is 18.3 Å². The normalized spacial score (nSPS) is 11.2. The fourth-order valence-corrected chi connectivity index (χ4v) is 2.93. The van der Waals surface area contributed by atoms with Crippen LogP contribution in [0.15, 0.2) is 41.6 Å². The third-order valence-electron chi connectivity index (χ3n) is 2.47. The van der Waals surface area contributed by atoms with Crippen molar-refractivity contribution in [2.24, 2.45) is 0 Å². The highest BCUT2D eigenvalue weighted by molar-refractivity contribution is 7.92. The van der Waals surface area contributed by atoms with E-state index >= 15 is 0 Å². The molecule has 0 atom stereocenters. The van der Waals surface area contributed by atoms with Crippen LogP contribution in [0.3, 0.4) is 0 Å². The van der Waals surface area contributed by atoms with Gasteiger partial charge in [-0.3, -0.25) is 4.72 Å². The van der Waals surface area contributed by atoms with Crippen molar-refractivity contribution in [3.63, 3.8) is 0 Å². The van der Waals surface area contributed by atoms with Gasteiger partial charge in [-0.15, -0.1) is 0 Å². The van der Waals surface area contributed by atoms with E-state index in [0.29, 0.717) is 5.69 Å². The number of hydrogen-bond acceptors (Lipinski definition) is 4. The number of halogens is 2. The Morgan fingerprint density at radius 3 is 2.65 bits per heavy atom. The Hall–Kier alpha value is -1.86. The number of rotatable bonds is 4. The predicted octanol–water partition coefficient (Wildman–Crippen LogP) is 2.72. The minimum atomic E-state index is -4.00. The molecule has 0 amide bonds. The molecular formula is C12H11ClFN3O2S. The van der Waals surface area contributed by atoms with Gasteiger partial charge in [0.25, 0.3) is 10.0 Å². The number of pyridine rings is 1. The summed E-state index contributed by atoms with van der Waals surface area (Å²) in [5.74, 6) is -0.761. The summed E-state index contributed by atoms with van der Waals surface area (Å²) in [6.45, 7) is 0. The van der Waals surface area contributed by atoms with Crippen LogP contribution in [0.5, 0.6) is 0 Å². The van der Waals surface area contributed by atoms with E-state index in [2.05, 4.69) is 15.0 Å². The molecule has 1 heterocycles. The number of anilines is 2. The minimum Gasteiger partial charge on any atom is -0.386 e. The van der Waals surface area contributed by atoms with Gasteiger partial charge in [-0.05, 0) is 30.3 Å². The molecule has 0 aliphatic heterocycles. The number of nitrogens with one attached hydrogen (secondary N) is 2. The van der Waals surface area contributed by atoms with Gasteiger partial charge in [-0.2, -0.15) is 8.42 Å². The van der Waals surface area contributed by atoms with E-state index in [1.807, 2.05) is 0 Å². The van der Waals surface area contributed by atoms with Crippen molar-refractivity contribution in [3.05, 3.63) is 47.4 Å². The van der Waals surface area contributed by atoms with E-state index in [1.165, 1.54) is 18.3 Å². The average Bonchev–Trinajstić information content (AvgIpc) is 2.42. The van der Waals surface area contributed by atoms with E-state index < -0.39 is 15.8 Å². The lowest BCUT2D eigenvalue weighted by Gasteiger charge is -2.11. The fraction of sp³-hybridized carbons (Fsp3) is 0.0833. The zero-order chi connectivity index (χ0) is 14.8. The van der Waals surface area contributed by atoms with Gasteiger partial charge in [-0.1, -0.05) is 11.6 Å². The van der Waals surface area contributed by atoms with Crippen molar-refractivity contribution >= 4 is 33.0 Å². The molecule has 0 fully saturated rings. The third kappa shape index (κ3) is 3.00. The predicted molar refractivity (Wildman–Crippen MR) is 76.0 cm³/mol. The highest BCUT2D eigenvalue weighted by atomic mass is 35.5. The van der Waals surface area contributed by atoms with Crippen LogP contribution in [-0.2, 0) is 10.0 Å². The van der Waals surface area contributed by atoms with E-state index in [9.17, 15) is 12.8 Å². The molecular weight excluding hydrogens is 305 g/mol. The summed E-state index contributed by atoms with van der Waals surface area (Å²) in [6.07, 6.45) is 1.34. The first kappa shape index (κ1) is 14.5. The quantitative estimate of drug-likeness (QED) is 0.910. The number of nitrogens with zero attached hydrogens (tertiary/aromatic N) is 1. The Morgan fingerprint density at radius 1 is 1.25 bits per heavy atom. The Labute approximate surface area is 120 Å². The van der Waals surface area contributed by atoms with Gasteiger partial charge in [-0.25, -0.2) is 9.37 Å². The molecule has 0 bridgehead atoms. The summed E-state index contributed by atoms with van der Waals surface area (Å²) < 4.78 is 40.2. The first-order chi connectivity index (χ1) is 9.44. The maximum atomic E-state index is 13.6. The lowest BCUT2D eigenvalue weighted by atomic mass is 10.3. The zero-order valence-electron chi connectivity index (χ0n) is 10.4. The van der Waals surface area contributed by atoms with Crippen LogP contribution in [0.4, 0.5) is 15.8 Å². The Balaban J connectivity index is 2.41. The molecule has 1 aromatic carbocycles. The molecule has 0 spiro atoms. The van der Waals surface area contributed by atoms with Crippen LogP contribution < -0.4 is 10.0 Å². The summed E-state index contributed by atoms with van der Waals surface area (Å²) in [4.78, 5) is 3.80. The molecule has 0 radical (unpaired) electrons. The summed E-state index contributed by atoms with van der Waals surface area (Å²) >= 11 is 5.61. The summed E-state index contributed by atoms with van der Waals surface area (Å²) in [6, 6.07) is 6.81. The van der Waals surface area contributed by atoms with Gasteiger partial charge in [0.2, 0.25) is 0 Å². The van der Waals surface area contributed by atoms with Crippen molar-refractivity contribution in [1.82, 2.24) is 4.98 Å². The molecule has 20 heavy (non-hydrogen) atoms. The van der Waals surface area contributed by atoms with Crippen LogP contribution >= 0.6 is 11.6 Å². The van der Waals surface area contributed by atoms with E-state index in [4.69, 9.17) is 11.6 Å². The number of sulfonamides is 1. The Morgan fingerprint density at radius 2 is 2.00 bits per heavy atom. The third-order valence-corrected chi connectivity index (χ3v) is 4.03. The summed E-state index contributed by atoms with van der Waals surface area (Å²) in [5.41, 5.74) is 0.122. The first-order valence-electron chi connectivity index (χ1n) is 5.54. The monoisotopic (exact) mass is 315 g/mol. The van der Waals surface area contributed by atoms with Crippen LogP contribution in [0.25, 0.3) is 0 Å². The van der Waals surface area contributed by atoms with E-state index in [1.54, 1.807) is 19.2 Å². The first-order valence-corrected chi connectivity index (χ1v) is 7.41. The number of benzene rings is 1. The van der Waals surface area contributed by atoms with Gasteiger partial charge in [0.05, 0.1) is 11.4 Å². The van der Waals surface area contributed by atoms with E-state index in [-0.39, 0.29) is 15.7 Å². The van der Waals surface area contributed by atoms with Crippen molar-refractivity contribution in [1.29, 1.82) is 0 Å². The van der Waals surface area contributed by atoms with Gasteiger partial charge in [0.1, 0.15) is 5.82 Å². The second-order valence-electron chi connectivity index (χ2n) is 3.84. The molecule has 0 saturated carbocycles. The fourth-order valence-electron chi connectivity index (χ4n) is 1.56. The number of hydrogen-bond donors (Lipinski definition) is 2. The minimum absolute atomic E-state index is 0.180. The molecule has 0 unspecified atom stereocenters. The molecule has 5 nitrogen and oxygen atoms in total. The maximum absolute atomic E-state index is 13.6. The average molecular weight is 316 g/mol. The van der Waals surface area contributed by atoms with Crippen LogP contribution in [0, 0.1) is 5.82 Å². The van der Waals surface area contributed by atoms with Crippen molar-refractivity contribution in [2.45, 2.75) is 5.03 Å². The van der Waals surface area contributed by atoms with Gasteiger partial charge in [0.15, 0.2) is 5.03 Å². The van der Waals surface area contributed by atoms with Gasteiger partial charge >= 0.3 is 0 Å². The number of aromatic nitrogens is 1. The molecule has 1 aromatic heterocycles. The van der Waals surface area contributed by atoms with Gasteiger partial charge < -0.3 is 5.32 Å². The molecule has 2 N–H and O–H groups in total. The second kappa shape index (κ2) is 5.64. The largest absolute Gasteiger partial charge is 0.386 e. The van der Waals surface area contributed by atoms with Crippen molar-refractivity contribution in [3.8, 4) is 0 Å². The van der Waals surface area contributed by atoms with Crippen LogP contribution in [0.1, 0.15) is 0 Å². The van der Waals surface area contributed by atoms with E-state index in [0.717, 1.165) is 6.07 Å². The van der Waals surface area contributed by atoms with Crippen LogP contribution in [0.2, 0.25) is 5.02 Å². The maximum Gasteiger partial charge on any atom is 0.281 e. The Bertz CT molecular complexity index is 737. The van der Waals surface area contributed by atoms with Crippen molar-refractivity contribution in [2.75, 3.05) is 17.1 Å². The second-order valence-corrected chi connectivity index (χ2v) is 5.87. The molecule has 0 aliphatic carbocycles. The van der Waals surface area contributed by atoms with Crippen LogP contribution in [-0.4, -0.2) is 20.4 Å². The Kier molecular flexibility index (Phi) is 4.10. The smallest absolute Gasteiger partial charge is 0.281 e. The molecule has 2 rings (SSSR count). The molecule has 8 heteroatoms. The molecule has 2 aromatic rings.